The first kappa shape index (κ1) is 41.2. The van der Waals surface area contributed by atoms with Gasteiger partial charge < -0.3 is 20.5 Å². The first-order valence-corrected chi connectivity index (χ1v) is 18.7. The highest BCUT2D eigenvalue weighted by Gasteiger charge is 2.22. The Morgan fingerprint density at radius 1 is 0.690 bits per heavy atom. The van der Waals surface area contributed by atoms with E-state index in [1.54, 1.807) is 0 Å². The summed E-state index contributed by atoms with van der Waals surface area (Å²) in [6.45, 7) is 1.47. The lowest BCUT2D eigenvalue weighted by Crippen LogP contribution is -2.23. The minimum atomic E-state index is -4.25. The van der Waals surface area contributed by atoms with E-state index >= 15 is 0 Å². The molecule has 42 heavy (non-hydrogen) atoms. The molecule has 4 N–H and O–H groups in total. The molecule has 0 rings (SSSR count). The molecule has 0 radical (unpaired) electrons. The molecule has 8 nitrogen and oxygen atoms in total. The number of nitrogens with two attached hydrogens (primary N) is 1. The Morgan fingerprint density at radius 2 is 1.12 bits per heavy atom. The topological polar surface area (TPSA) is 128 Å². The fraction of sp³-hybridized carbons (Fsp3) is 0.909. The number of unbranched alkanes of at least 4 members (excludes halogenated alkanes) is 21. The summed E-state index contributed by atoms with van der Waals surface area (Å²) in [4.78, 5) is 21.2. The Hall–Kier alpha value is -0.760. The Kier molecular flexibility index (Phi) is 31.1. The maximum atomic E-state index is 11.8. The molecule has 0 bridgehead atoms. The van der Waals surface area contributed by atoms with Crippen molar-refractivity contribution in [2.45, 2.75) is 167 Å². The monoisotopic (exact) mass is 619 g/mol. The van der Waals surface area contributed by atoms with E-state index in [4.69, 9.17) is 10.5 Å². The number of aliphatic hydroxyl groups excluding tert-OH is 1. The van der Waals surface area contributed by atoms with Gasteiger partial charge in [0, 0.05) is 13.0 Å². The summed E-state index contributed by atoms with van der Waals surface area (Å²) >= 11 is 0. The van der Waals surface area contributed by atoms with E-state index in [-0.39, 0.29) is 25.7 Å². The maximum absolute atomic E-state index is 11.8. The molecule has 0 saturated heterocycles. The van der Waals surface area contributed by atoms with Gasteiger partial charge in [-0.15, -0.1) is 0 Å². The zero-order valence-electron chi connectivity index (χ0n) is 27.0. The molecule has 0 saturated carbocycles. The van der Waals surface area contributed by atoms with Crippen LogP contribution in [-0.2, 0) is 23.1 Å². The number of hydrogen-bond acceptors (Lipinski definition) is 7. The molecule has 2 atom stereocenters. The number of rotatable bonds is 33. The molecular formula is C33H66NO7P. The lowest BCUT2D eigenvalue weighted by molar-refractivity contribution is -0.147. The molecular weight excluding hydrogens is 553 g/mol. The SMILES string of the molecule is CCCCCCCCCC/C=C\CCCCCCCCCCCCCCCC(=O)OCC(O)COP(=O)(O)OCCN. The Bertz CT molecular complexity index is 662. The smallest absolute Gasteiger partial charge is 0.463 e. The van der Waals surface area contributed by atoms with Crippen LogP contribution in [0.4, 0.5) is 0 Å². The van der Waals surface area contributed by atoms with Crippen molar-refractivity contribution in [3.05, 3.63) is 12.2 Å². The predicted molar refractivity (Wildman–Crippen MR) is 173 cm³/mol. The molecule has 0 aliphatic rings. The molecule has 250 valence electrons. The second kappa shape index (κ2) is 31.7. The number of allylic oxidation sites excluding steroid dienone is 2. The van der Waals surface area contributed by atoms with Crippen LogP contribution in [0.2, 0.25) is 0 Å². The van der Waals surface area contributed by atoms with Gasteiger partial charge in [-0.2, -0.15) is 0 Å². The van der Waals surface area contributed by atoms with E-state index in [1.807, 2.05) is 0 Å². The third kappa shape index (κ3) is 32.2. The third-order valence-electron chi connectivity index (χ3n) is 7.38. The molecule has 0 aliphatic heterocycles. The van der Waals surface area contributed by atoms with E-state index in [0.717, 1.165) is 19.3 Å². The number of carbonyl (C=O) groups is 1. The second-order valence-corrected chi connectivity index (χ2v) is 13.0. The largest absolute Gasteiger partial charge is 0.472 e. The third-order valence-corrected chi connectivity index (χ3v) is 8.37. The van der Waals surface area contributed by atoms with E-state index in [0.29, 0.717) is 6.42 Å². The number of hydrogen-bond donors (Lipinski definition) is 3. The minimum Gasteiger partial charge on any atom is -0.463 e. The van der Waals surface area contributed by atoms with Gasteiger partial charge in [0.05, 0.1) is 13.2 Å². The lowest BCUT2D eigenvalue weighted by atomic mass is 10.0. The van der Waals surface area contributed by atoms with Gasteiger partial charge in [-0.1, -0.05) is 135 Å². The number of aliphatic hydroxyl groups is 1. The lowest BCUT2D eigenvalue weighted by Gasteiger charge is -2.15. The van der Waals surface area contributed by atoms with Crippen molar-refractivity contribution in [1.29, 1.82) is 0 Å². The van der Waals surface area contributed by atoms with Gasteiger partial charge in [0.1, 0.15) is 12.7 Å². The van der Waals surface area contributed by atoms with Gasteiger partial charge in [-0.25, -0.2) is 4.57 Å². The summed E-state index contributed by atoms with van der Waals surface area (Å²) in [5.41, 5.74) is 5.19. The average Bonchev–Trinajstić information content (AvgIpc) is 2.98. The first-order chi connectivity index (χ1) is 20.4. The van der Waals surface area contributed by atoms with Crippen molar-refractivity contribution in [3.63, 3.8) is 0 Å². The quantitative estimate of drug-likeness (QED) is 0.0287. The predicted octanol–water partition coefficient (Wildman–Crippen LogP) is 8.92. The molecule has 2 unspecified atom stereocenters. The maximum Gasteiger partial charge on any atom is 0.472 e. The van der Waals surface area contributed by atoms with E-state index in [2.05, 4.69) is 28.1 Å². The van der Waals surface area contributed by atoms with Gasteiger partial charge in [0.25, 0.3) is 0 Å². The first-order valence-electron chi connectivity index (χ1n) is 17.2. The molecule has 0 spiro atoms. The number of phosphoric acid groups is 1. The zero-order valence-corrected chi connectivity index (χ0v) is 27.9. The van der Waals surface area contributed by atoms with Crippen LogP contribution in [0.5, 0.6) is 0 Å². The van der Waals surface area contributed by atoms with Crippen LogP contribution in [0, 0.1) is 0 Å². The summed E-state index contributed by atoms with van der Waals surface area (Å²) in [7, 11) is -4.25. The molecule has 0 heterocycles. The summed E-state index contributed by atoms with van der Waals surface area (Å²) in [6, 6.07) is 0. The van der Waals surface area contributed by atoms with Crippen molar-refractivity contribution >= 4 is 13.8 Å². The van der Waals surface area contributed by atoms with Crippen LogP contribution >= 0.6 is 7.82 Å². The van der Waals surface area contributed by atoms with E-state index in [1.165, 1.54) is 128 Å². The second-order valence-electron chi connectivity index (χ2n) is 11.6. The van der Waals surface area contributed by atoms with Crippen molar-refractivity contribution < 1.29 is 33.1 Å². The van der Waals surface area contributed by atoms with Crippen LogP contribution in [-0.4, -0.2) is 48.4 Å². The highest BCUT2D eigenvalue weighted by Crippen LogP contribution is 2.42. The normalized spacial score (nSPS) is 13.9. The Morgan fingerprint density at radius 3 is 1.57 bits per heavy atom. The average molecular weight is 620 g/mol. The van der Waals surface area contributed by atoms with Gasteiger partial charge in [-0.05, 0) is 32.1 Å². The molecule has 9 heteroatoms. The molecule has 0 aromatic heterocycles. The number of phosphoric ester groups is 1. The molecule has 0 aromatic carbocycles. The van der Waals surface area contributed by atoms with Gasteiger partial charge in [0.15, 0.2) is 0 Å². The van der Waals surface area contributed by atoms with Crippen LogP contribution in [0.15, 0.2) is 12.2 Å². The summed E-state index contributed by atoms with van der Waals surface area (Å²) in [5.74, 6) is -0.383. The summed E-state index contributed by atoms with van der Waals surface area (Å²) in [5, 5.41) is 9.74. The van der Waals surface area contributed by atoms with Crippen LogP contribution in [0.3, 0.4) is 0 Å². The fourth-order valence-electron chi connectivity index (χ4n) is 4.80. The van der Waals surface area contributed by atoms with E-state index < -0.39 is 20.5 Å². The molecule has 0 fully saturated rings. The van der Waals surface area contributed by atoms with Gasteiger partial charge in [0.2, 0.25) is 0 Å². The highest BCUT2D eigenvalue weighted by atomic mass is 31.2. The summed E-state index contributed by atoms with van der Waals surface area (Å²) in [6.07, 6.45) is 33.7. The standard InChI is InChI=1S/C33H66NO7P/c1-2-3-4-5-6-7-8-9-10-11-12-13-14-15-16-17-18-19-20-21-22-23-24-25-26-27-33(36)39-30-32(35)31-41-42(37,38)40-29-28-34/h11-12,32,35H,2-10,13-31,34H2,1H3,(H,37,38)/b12-11-. The van der Waals surface area contributed by atoms with Crippen molar-refractivity contribution in [3.8, 4) is 0 Å². The molecule has 0 aliphatic carbocycles. The van der Waals surface area contributed by atoms with Crippen LogP contribution < -0.4 is 5.73 Å². The number of ether oxygens (including phenoxy) is 1. The Labute approximate surface area is 258 Å². The van der Waals surface area contributed by atoms with Crippen molar-refractivity contribution in [2.75, 3.05) is 26.4 Å². The molecule has 0 amide bonds. The minimum absolute atomic E-state index is 0.0757. The molecule has 0 aromatic rings. The number of carbonyl (C=O) groups excluding carboxylic acids is 1. The van der Waals surface area contributed by atoms with Gasteiger partial charge >= 0.3 is 13.8 Å². The van der Waals surface area contributed by atoms with E-state index in [9.17, 15) is 19.4 Å². The van der Waals surface area contributed by atoms with Crippen molar-refractivity contribution in [2.24, 2.45) is 5.73 Å². The van der Waals surface area contributed by atoms with Crippen LogP contribution in [0.25, 0.3) is 0 Å². The zero-order chi connectivity index (χ0) is 31.0. The summed E-state index contributed by atoms with van der Waals surface area (Å²) < 4.78 is 25.7. The van der Waals surface area contributed by atoms with Gasteiger partial charge in [-0.3, -0.25) is 13.8 Å². The number of esters is 1. The Balaban J connectivity index is 3.33. The van der Waals surface area contributed by atoms with Crippen LogP contribution in [0.1, 0.15) is 161 Å². The highest BCUT2D eigenvalue weighted by molar-refractivity contribution is 7.47. The van der Waals surface area contributed by atoms with Crippen molar-refractivity contribution in [1.82, 2.24) is 0 Å². The fourth-order valence-corrected chi connectivity index (χ4v) is 5.57.